The zero-order chi connectivity index (χ0) is 19.4. The van der Waals surface area contributed by atoms with E-state index in [1.165, 1.54) is 6.07 Å². The standard InChI is InChI=1S/C22H26FNO3/c1-16-19(4-3-5-20(16)23)17-6-8-18(9-7-17)21(26)24(2)14-22(15-25)10-12-27-13-11-22/h3-9,25H,10-15H2,1-2H3. The van der Waals surface area contributed by atoms with E-state index in [9.17, 15) is 14.3 Å². The van der Waals surface area contributed by atoms with Gasteiger partial charge in [0, 0.05) is 37.8 Å². The van der Waals surface area contributed by atoms with Crippen LogP contribution in [-0.4, -0.2) is 49.3 Å². The average Bonchev–Trinajstić information content (AvgIpc) is 2.70. The van der Waals surface area contributed by atoms with E-state index in [0.29, 0.717) is 30.9 Å². The molecule has 0 atom stereocenters. The molecule has 4 nitrogen and oxygen atoms in total. The van der Waals surface area contributed by atoms with Gasteiger partial charge in [0.1, 0.15) is 5.82 Å². The predicted molar refractivity (Wildman–Crippen MR) is 103 cm³/mol. The number of carbonyl (C=O) groups is 1. The molecule has 0 aliphatic carbocycles. The second-order valence-electron chi connectivity index (χ2n) is 7.42. The maximum absolute atomic E-state index is 13.8. The molecular weight excluding hydrogens is 345 g/mol. The SMILES string of the molecule is Cc1c(F)cccc1-c1ccc(C(=O)N(C)CC2(CO)CCOCC2)cc1. The second kappa shape index (κ2) is 8.19. The number of amides is 1. The van der Waals surface area contributed by atoms with E-state index in [1.54, 1.807) is 37.1 Å². The third kappa shape index (κ3) is 4.20. The number of halogens is 1. The number of hydrogen-bond donors (Lipinski definition) is 1. The highest BCUT2D eigenvalue weighted by atomic mass is 19.1. The van der Waals surface area contributed by atoms with Crippen molar-refractivity contribution in [2.75, 3.05) is 33.4 Å². The maximum atomic E-state index is 13.8. The highest BCUT2D eigenvalue weighted by Gasteiger charge is 2.34. The monoisotopic (exact) mass is 371 g/mol. The van der Waals surface area contributed by atoms with E-state index in [1.807, 2.05) is 18.2 Å². The van der Waals surface area contributed by atoms with Crippen LogP contribution in [0, 0.1) is 18.2 Å². The van der Waals surface area contributed by atoms with Crippen molar-refractivity contribution in [2.24, 2.45) is 5.41 Å². The van der Waals surface area contributed by atoms with Gasteiger partial charge in [-0.15, -0.1) is 0 Å². The molecule has 0 aromatic heterocycles. The molecule has 0 unspecified atom stereocenters. The van der Waals surface area contributed by atoms with E-state index < -0.39 is 0 Å². The predicted octanol–water partition coefficient (Wildman–Crippen LogP) is 3.66. The first-order chi connectivity index (χ1) is 13.0. The first kappa shape index (κ1) is 19.5. The Morgan fingerprint density at radius 2 is 1.85 bits per heavy atom. The lowest BCUT2D eigenvalue weighted by Gasteiger charge is -2.38. The molecule has 1 aliphatic rings. The molecule has 0 bridgehead atoms. The van der Waals surface area contributed by atoms with Crippen LogP contribution in [-0.2, 0) is 4.74 Å². The van der Waals surface area contributed by atoms with E-state index in [-0.39, 0.29) is 23.7 Å². The number of hydrogen-bond acceptors (Lipinski definition) is 3. The summed E-state index contributed by atoms with van der Waals surface area (Å²) in [6.45, 7) is 3.52. The Labute approximate surface area is 159 Å². The lowest BCUT2D eigenvalue weighted by molar-refractivity contribution is -0.0282. The Hall–Kier alpha value is -2.24. The van der Waals surface area contributed by atoms with Crippen LogP contribution in [0.5, 0.6) is 0 Å². The van der Waals surface area contributed by atoms with Gasteiger partial charge in [-0.1, -0.05) is 24.3 Å². The van der Waals surface area contributed by atoms with Crippen LogP contribution < -0.4 is 0 Å². The Kier molecular flexibility index (Phi) is 5.92. The number of ether oxygens (including phenoxy) is 1. The van der Waals surface area contributed by atoms with Crippen molar-refractivity contribution >= 4 is 5.91 Å². The summed E-state index contributed by atoms with van der Waals surface area (Å²) in [6.07, 6.45) is 1.50. The summed E-state index contributed by atoms with van der Waals surface area (Å²) in [5, 5.41) is 9.83. The van der Waals surface area contributed by atoms with Crippen molar-refractivity contribution in [1.82, 2.24) is 4.90 Å². The summed E-state index contributed by atoms with van der Waals surface area (Å²) in [7, 11) is 1.76. The zero-order valence-electron chi connectivity index (χ0n) is 15.9. The molecule has 2 aromatic carbocycles. The minimum Gasteiger partial charge on any atom is -0.396 e. The molecule has 0 spiro atoms. The average molecular weight is 371 g/mol. The van der Waals surface area contributed by atoms with Gasteiger partial charge in [-0.05, 0) is 54.7 Å². The smallest absolute Gasteiger partial charge is 0.253 e. The molecule has 27 heavy (non-hydrogen) atoms. The number of nitrogens with zero attached hydrogens (tertiary/aromatic N) is 1. The number of aliphatic hydroxyl groups is 1. The number of carbonyl (C=O) groups excluding carboxylic acids is 1. The quantitative estimate of drug-likeness (QED) is 0.873. The molecule has 1 saturated heterocycles. The van der Waals surface area contributed by atoms with Crippen LogP contribution in [0.2, 0.25) is 0 Å². The Morgan fingerprint density at radius 3 is 2.48 bits per heavy atom. The van der Waals surface area contributed by atoms with Gasteiger partial charge in [-0.25, -0.2) is 4.39 Å². The molecule has 1 amide bonds. The lowest BCUT2D eigenvalue weighted by atomic mass is 9.80. The van der Waals surface area contributed by atoms with Gasteiger partial charge < -0.3 is 14.7 Å². The first-order valence-corrected chi connectivity index (χ1v) is 9.25. The van der Waals surface area contributed by atoms with E-state index in [0.717, 1.165) is 24.0 Å². The summed E-state index contributed by atoms with van der Waals surface area (Å²) < 4.78 is 19.2. The van der Waals surface area contributed by atoms with Crippen molar-refractivity contribution in [3.63, 3.8) is 0 Å². The summed E-state index contributed by atoms with van der Waals surface area (Å²) >= 11 is 0. The van der Waals surface area contributed by atoms with Gasteiger partial charge in [-0.3, -0.25) is 4.79 Å². The van der Waals surface area contributed by atoms with Gasteiger partial charge in [0.2, 0.25) is 0 Å². The number of rotatable bonds is 5. The molecular formula is C22H26FNO3. The van der Waals surface area contributed by atoms with Gasteiger partial charge in [-0.2, -0.15) is 0 Å². The van der Waals surface area contributed by atoms with Crippen molar-refractivity contribution in [3.8, 4) is 11.1 Å². The summed E-state index contributed by atoms with van der Waals surface area (Å²) in [5.74, 6) is -0.324. The van der Waals surface area contributed by atoms with Crippen LogP contribution in [0.1, 0.15) is 28.8 Å². The first-order valence-electron chi connectivity index (χ1n) is 9.25. The maximum Gasteiger partial charge on any atom is 0.253 e. The van der Waals surface area contributed by atoms with Crippen LogP contribution in [0.15, 0.2) is 42.5 Å². The minimum atomic E-state index is -0.290. The Bertz CT molecular complexity index is 798. The van der Waals surface area contributed by atoms with Crippen LogP contribution >= 0.6 is 0 Å². The molecule has 2 aromatic rings. The molecule has 0 radical (unpaired) electrons. The molecule has 3 rings (SSSR count). The third-order valence-corrected chi connectivity index (χ3v) is 5.52. The fourth-order valence-electron chi connectivity index (χ4n) is 3.68. The van der Waals surface area contributed by atoms with E-state index in [2.05, 4.69) is 0 Å². The fraction of sp³-hybridized carbons (Fsp3) is 0.409. The molecule has 1 fully saturated rings. The van der Waals surface area contributed by atoms with E-state index in [4.69, 9.17) is 4.74 Å². The van der Waals surface area contributed by atoms with Crippen molar-refractivity contribution in [3.05, 3.63) is 59.4 Å². The van der Waals surface area contributed by atoms with Gasteiger partial charge in [0.05, 0.1) is 6.61 Å². The highest BCUT2D eigenvalue weighted by molar-refractivity contribution is 5.94. The topological polar surface area (TPSA) is 49.8 Å². The van der Waals surface area contributed by atoms with Crippen LogP contribution in [0.3, 0.4) is 0 Å². The summed E-state index contributed by atoms with van der Waals surface area (Å²) in [5.41, 5.74) is 2.58. The summed E-state index contributed by atoms with van der Waals surface area (Å²) in [4.78, 5) is 14.5. The highest BCUT2D eigenvalue weighted by Crippen LogP contribution is 2.31. The van der Waals surface area contributed by atoms with E-state index >= 15 is 0 Å². The van der Waals surface area contributed by atoms with Crippen molar-refractivity contribution in [1.29, 1.82) is 0 Å². The van der Waals surface area contributed by atoms with Gasteiger partial charge in [0.25, 0.3) is 5.91 Å². The molecule has 5 heteroatoms. The second-order valence-corrected chi connectivity index (χ2v) is 7.42. The fourth-order valence-corrected chi connectivity index (χ4v) is 3.68. The van der Waals surface area contributed by atoms with Gasteiger partial charge >= 0.3 is 0 Å². The third-order valence-electron chi connectivity index (χ3n) is 5.52. The lowest BCUT2D eigenvalue weighted by Crippen LogP contribution is -2.44. The normalized spacial score (nSPS) is 16.1. The molecule has 1 aliphatic heterocycles. The largest absolute Gasteiger partial charge is 0.396 e. The number of aliphatic hydroxyl groups excluding tert-OH is 1. The zero-order valence-corrected chi connectivity index (χ0v) is 15.9. The molecule has 144 valence electrons. The van der Waals surface area contributed by atoms with Crippen molar-refractivity contribution in [2.45, 2.75) is 19.8 Å². The van der Waals surface area contributed by atoms with Gasteiger partial charge in [0.15, 0.2) is 0 Å². The molecule has 0 saturated carbocycles. The number of benzene rings is 2. The summed E-state index contributed by atoms with van der Waals surface area (Å²) in [6, 6.07) is 12.2. The minimum absolute atomic E-state index is 0.0474. The molecule has 1 N–H and O–H groups in total. The Balaban J connectivity index is 1.74. The Morgan fingerprint density at radius 1 is 1.19 bits per heavy atom. The molecule has 1 heterocycles. The van der Waals surface area contributed by atoms with Crippen LogP contribution in [0.25, 0.3) is 11.1 Å². The van der Waals surface area contributed by atoms with Crippen molar-refractivity contribution < 1.29 is 19.0 Å². The van der Waals surface area contributed by atoms with Crippen LogP contribution in [0.4, 0.5) is 4.39 Å².